The lowest BCUT2D eigenvalue weighted by atomic mass is 10.2. The number of rotatable bonds is 4. The fraction of sp³-hybridized carbons (Fsp3) is 0.214. The van der Waals surface area contributed by atoms with E-state index >= 15 is 0 Å². The SMILES string of the molecule is CCc1nc(C)ccc1Oc1ccc(C(N)=S)nc1. The molecule has 2 aromatic rings. The number of thiocarbonyl (C=S) groups is 1. The lowest BCUT2D eigenvalue weighted by molar-refractivity contribution is 0.470. The summed E-state index contributed by atoms with van der Waals surface area (Å²) < 4.78 is 5.78. The molecule has 0 fully saturated rings. The van der Waals surface area contributed by atoms with Crippen LogP contribution in [-0.4, -0.2) is 15.0 Å². The van der Waals surface area contributed by atoms with Gasteiger partial charge >= 0.3 is 0 Å². The van der Waals surface area contributed by atoms with Crippen molar-refractivity contribution in [3.8, 4) is 11.5 Å². The Bertz CT molecular complexity index is 596. The van der Waals surface area contributed by atoms with Gasteiger partial charge in [-0.3, -0.25) is 4.98 Å². The fourth-order valence-electron chi connectivity index (χ4n) is 1.66. The number of ether oxygens (including phenoxy) is 1. The van der Waals surface area contributed by atoms with Crippen molar-refractivity contribution >= 4 is 17.2 Å². The molecule has 0 spiro atoms. The third-order valence-corrected chi connectivity index (χ3v) is 2.83. The van der Waals surface area contributed by atoms with Gasteiger partial charge in [0.05, 0.1) is 17.6 Å². The molecule has 2 heterocycles. The van der Waals surface area contributed by atoms with E-state index in [4.69, 9.17) is 22.7 Å². The van der Waals surface area contributed by atoms with Crippen LogP contribution < -0.4 is 10.5 Å². The number of aryl methyl sites for hydroxylation is 2. The molecule has 2 aromatic heterocycles. The number of nitrogens with zero attached hydrogens (tertiary/aromatic N) is 2. The predicted molar refractivity (Wildman–Crippen MR) is 78.6 cm³/mol. The van der Waals surface area contributed by atoms with Crippen LogP contribution >= 0.6 is 12.2 Å². The van der Waals surface area contributed by atoms with Crippen molar-refractivity contribution in [3.63, 3.8) is 0 Å². The molecule has 2 rings (SSSR count). The molecule has 0 aliphatic carbocycles. The van der Waals surface area contributed by atoms with E-state index in [2.05, 4.69) is 9.97 Å². The first kappa shape index (κ1) is 13.4. The van der Waals surface area contributed by atoms with Crippen LogP contribution in [0.3, 0.4) is 0 Å². The highest BCUT2D eigenvalue weighted by Crippen LogP contribution is 2.24. The number of nitrogens with two attached hydrogens (primary N) is 1. The molecule has 5 heteroatoms. The van der Waals surface area contributed by atoms with Crippen LogP contribution in [0.4, 0.5) is 0 Å². The maximum atomic E-state index is 5.78. The minimum atomic E-state index is 0.276. The summed E-state index contributed by atoms with van der Waals surface area (Å²) >= 11 is 4.85. The summed E-state index contributed by atoms with van der Waals surface area (Å²) in [6, 6.07) is 7.37. The molecule has 4 nitrogen and oxygen atoms in total. The highest BCUT2D eigenvalue weighted by molar-refractivity contribution is 7.80. The Morgan fingerprint density at radius 2 is 2.11 bits per heavy atom. The van der Waals surface area contributed by atoms with Gasteiger partial charge in [-0.15, -0.1) is 0 Å². The Morgan fingerprint density at radius 3 is 2.68 bits per heavy atom. The Balaban J connectivity index is 2.23. The molecular weight excluding hydrogens is 258 g/mol. The number of aromatic nitrogens is 2. The zero-order valence-corrected chi connectivity index (χ0v) is 11.7. The minimum Gasteiger partial charge on any atom is -0.454 e. The Kier molecular flexibility index (Phi) is 4.06. The second-order valence-corrected chi connectivity index (χ2v) is 4.54. The molecule has 0 bridgehead atoms. The van der Waals surface area contributed by atoms with E-state index in [1.165, 1.54) is 0 Å². The first-order valence-corrected chi connectivity index (χ1v) is 6.41. The van der Waals surface area contributed by atoms with Gasteiger partial charge in [0, 0.05) is 5.69 Å². The Morgan fingerprint density at radius 1 is 1.32 bits per heavy atom. The molecule has 19 heavy (non-hydrogen) atoms. The maximum absolute atomic E-state index is 5.78. The van der Waals surface area contributed by atoms with Crippen molar-refractivity contribution in [3.05, 3.63) is 47.5 Å². The number of hydrogen-bond donors (Lipinski definition) is 1. The van der Waals surface area contributed by atoms with E-state index in [0.29, 0.717) is 11.4 Å². The third-order valence-electron chi connectivity index (χ3n) is 2.62. The van der Waals surface area contributed by atoms with E-state index in [-0.39, 0.29) is 4.99 Å². The molecule has 0 aliphatic rings. The summed E-state index contributed by atoms with van der Waals surface area (Å²) in [7, 11) is 0. The van der Waals surface area contributed by atoms with Crippen LogP contribution in [0.25, 0.3) is 0 Å². The second kappa shape index (κ2) is 5.75. The topological polar surface area (TPSA) is 61.0 Å². The number of pyridine rings is 2. The average Bonchev–Trinajstić information content (AvgIpc) is 2.41. The second-order valence-electron chi connectivity index (χ2n) is 4.10. The van der Waals surface area contributed by atoms with Crippen LogP contribution in [0.1, 0.15) is 24.0 Å². The summed E-state index contributed by atoms with van der Waals surface area (Å²) in [6.07, 6.45) is 2.42. The molecule has 98 valence electrons. The van der Waals surface area contributed by atoms with Crippen LogP contribution in [0, 0.1) is 6.92 Å². The lowest BCUT2D eigenvalue weighted by Gasteiger charge is -2.10. The summed E-state index contributed by atoms with van der Waals surface area (Å²) in [5, 5.41) is 0. The predicted octanol–water partition coefficient (Wildman–Crippen LogP) is 2.77. The molecule has 0 atom stereocenters. The molecule has 0 saturated heterocycles. The average molecular weight is 273 g/mol. The summed E-state index contributed by atoms with van der Waals surface area (Å²) in [6.45, 7) is 4.00. The summed E-state index contributed by atoms with van der Waals surface area (Å²) in [5.41, 5.74) is 7.99. The van der Waals surface area contributed by atoms with E-state index in [1.807, 2.05) is 26.0 Å². The summed E-state index contributed by atoms with van der Waals surface area (Å²) in [4.78, 5) is 8.86. The van der Waals surface area contributed by atoms with Crippen molar-refractivity contribution in [2.45, 2.75) is 20.3 Å². The fourth-order valence-corrected chi connectivity index (χ4v) is 1.78. The van der Waals surface area contributed by atoms with Gasteiger partial charge in [-0.2, -0.15) is 0 Å². The normalized spacial score (nSPS) is 10.2. The molecule has 0 unspecified atom stereocenters. The lowest BCUT2D eigenvalue weighted by Crippen LogP contribution is -2.10. The van der Waals surface area contributed by atoms with Gasteiger partial charge in [-0.1, -0.05) is 19.1 Å². The van der Waals surface area contributed by atoms with Crippen LogP contribution in [0.15, 0.2) is 30.5 Å². The van der Waals surface area contributed by atoms with E-state index in [9.17, 15) is 0 Å². The summed E-state index contributed by atoms with van der Waals surface area (Å²) in [5.74, 6) is 1.39. The van der Waals surface area contributed by atoms with Gasteiger partial charge in [0.25, 0.3) is 0 Å². The molecule has 0 aliphatic heterocycles. The first-order chi connectivity index (χ1) is 9.10. The zero-order chi connectivity index (χ0) is 13.8. The smallest absolute Gasteiger partial charge is 0.148 e. The van der Waals surface area contributed by atoms with Crippen molar-refractivity contribution in [1.29, 1.82) is 0 Å². The van der Waals surface area contributed by atoms with Gasteiger partial charge in [0.15, 0.2) is 0 Å². The van der Waals surface area contributed by atoms with Gasteiger partial charge in [0.1, 0.15) is 16.5 Å². The highest BCUT2D eigenvalue weighted by Gasteiger charge is 2.06. The van der Waals surface area contributed by atoms with E-state index in [0.717, 1.165) is 23.6 Å². The monoisotopic (exact) mass is 273 g/mol. The molecule has 0 saturated carbocycles. The van der Waals surface area contributed by atoms with Gasteiger partial charge in [-0.25, -0.2) is 4.98 Å². The van der Waals surface area contributed by atoms with E-state index in [1.54, 1.807) is 18.3 Å². The maximum Gasteiger partial charge on any atom is 0.148 e. The minimum absolute atomic E-state index is 0.276. The van der Waals surface area contributed by atoms with Crippen molar-refractivity contribution in [2.75, 3.05) is 0 Å². The van der Waals surface area contributed by atoms with Gasteiger partial charge < -0.3 is 10.5 Å². The van der Waals surface area contributed by atoms with E-state index < -0.39 is 0 Å². The zero-order valence-electron chi connectivity index (χ0n) is 10.9. The largest absolute Gasteiger partial charge is 0.454 e. The molecule has 2 N–H and O–H groups in total. The van der Waals surface area contributed by atoms with Crippen molar-refractivity contribution in [2.24, 2.45) is 5.73 Å². The molecule has 0 radical (unpaired) electrons. The molecular formula is C14H15N3OS. The Labute approximate surface area is 117 Å². The van der Waals surface area contributed by atoms with Gasteiger partial charge in [0.2, 0.25) is 0 Å². The van der Waals surface area contributed by atoms with Crippen molar-refractivity contribution < 1.29 is 4.74 Å². The first-order valence-electron chi connectivity index (χ1n) is 6.00. The van der Waals surface area contributed by atoms with Crippen molar-refractivity contribution in [1.82, 2.24) is 9.97 Å². The third kappa shape index (κ3) is 3.26. The van der Waals surface area contributed by atoms with Crippen LogP contribution in [-0.2, 0) is 6.42 Å². The number of hydrogen-bond acceptors (Lipinski definition) is 4. The molecule has 0 aromatic carbocycles. The van der Waals surface area contributed by atoms with Crippen LogP contribution in [0.2, 0.25) is 0 Å². The van der Waals surface area contributed by atoms with Crippen LogP contribution in [0.5, 0.6) is 11.5 Å². The Hall–Kier alpha value is -2.01. The quantitative estimate of drug-likeness (QED) is 0.868. The standard InChI is InChI=1S/C14H15N3OS/c1-3-11-13(7-4-9(2)17-11)18-10-5-6-12(14(15)19)16-8-10/h4-8H,3H2,1-2H3,(H2,15,19). The highest BCUT2D eigenvalue weighted by atomic mass is 32.1. The van der Waals surface area contributed by atoms with Gasteiger partial charge in [-0.05, 0) is 37.6 Å². The molecule has 0 amide bonds.